The summed E-state index contributed by atoms with van der Waals surface area (Å²) in [6.45, 7) is -0.834. The second kappa shape index (κ2) is 4.36. The van der Waals surface area contributed by atoms with E-state index in [2.05, 4.69) is 0 Å². The van der Waals surface area contributed by atoms with Gasteiger partial charge in [0, 0.05) is 13.1 Å². The second-order valence-corrected chi connectivity index (χ2v) is 3.96. The van der Waals surface area contributed by atoms with Gasteiger partial charge in [-0.2, -0.15) is 0 Å². The molecule has 0 radical (unpaired) electrons. The van der Waals surface area contributed by atoms with Crippen LogP contribution in [0.25, 0.3) is 0 Å². The van der Waals surface area contributed by atoms with E-state index in [0.29, 0.717) is 4.90 Å². The Morgan fingerprint density at radius 1 is 0.722 bits per heavy atom. The SMILES string of the molecule is OC1CN(c2c(F)c(F)c(F)c(F)c2F)CC1O. The van der Waals surface area contributed by atoms with Gasteiger partial charge >= 0.3 is 0 Å². The first kappa shape index (κ1) is 13.0. The average Bonchev–Trinajstić information content (AvgIpc) is 2.64. The largest absolute Gasteiger partial charge is 0.389 e. The fourth-order valence-electron chi connectivity index (χ4n) is 1.82. The first-order valence-corrected chi connectivity index (χ1v) is 4.97. The van der Waals surface area contributed by atoms with Crippen molar-refractivity contribution in [3.8, 4) is 0 Å². The van der Waals surface area contributed by atoms with E-state index in [1.165, 1.54) is 0 Å². The van der Waals surface area contributed by atoms with Gasteiger partial charge in [-0.1, -0.05) is 0 Å². The number of aliphatic hydroxyl groups is 2. The summed E-state index contributed by atoms with van der Waals surface area (Å²) in [7, 11) is 0. The van der Waals surface area contributed by atoms with Crippen LogP contribution in [0, 0.1) is 29.1 Å². The molecule has 2 N–H and O–H groups in total. The van der Waals surface area contributed by atoms with Crippen LogP contribution in [0.4, 0.5) is 27.6 Å². The molecule has 18 heavy (non-hydrogen) atoms. The van der Waals surface area contributed by atoms with E-state index in [0.717, 1.165) is 0 Å². The van der Waals surface area contributed by atoms with Crippen molar-refractivity contribution in [1.29, 1.82) is 0 Å². The highest BCUT2D eigenvalue weighted by atomic mass is 19.2. The van der Waals surface area contributed by atoms with Crippen LogP contribution in [0.5, 0.6) is 0 Å². The Morgan fingerprint density at radius 3 is 1.44 bits per heavy atom. The molecule has 0 aliphatic carbocycles. The van der Waals surface area contributed by atoms with Crippen molar-refractivity contribution in [2.75, 3.05) is 18.0 Å². The van der Waals surface area contributed by atoms with Crippen molar-refractivity contribution in [1.82, 2.24) is 0 Å². The number of halogens is 5. The molecule has 0 spiro atoms. The number of benzene rings is 1. The third-order valence-electron chi connectivity index (χ3n) is 2.76. The molecule has 2 atom stereocenters. The third-order valence-corrected chi connectivity index (χ3v) is 2.76. The minimum absolute atomic E-state index is 0.417. The predicted octanol–water partition coefficient (Wildman–Crippen LogP) is 0.924. The summed E-state index contributed by atoms with van der Waals surface area (Å²) in [5.74, 6) is -10.3. The maximum Gasteiger partial charge on any atom is 0.200 e. The first-order chi connectivity index (χ1) is 8.34. The highest BCUT2D eigenvalue weighted by Gasteiger charge is 2.36. The lowest BCUT2D eigenvalue weighted by atomic mass is 10.2. The zero-order valence-electron chi connectivity index (χ0n) is 8.80. The highest BCUT2D eigenvalue weighted by molar-refractivity contribution is 5.52. The molecule has 0 aromatic heterocycles. The quantitative estimate of drug-likeness (QED) is 0.453. The van der Waals surface area contributed by atoms with E-state index >= 15 is 0 Å². The van der Waals surface area contributed by atoms with E-state index in [4.69, 9.17) is 0 Å². The molecule has 1 fully saturated rings. The molecule has 2 unspecified atom stereocenters. The van der Waals surface area contributed by atoms with Crippen LogP contribution in [0.3, 0.4) is 0 Å². The second-order valence-electron chi connectivity index (χ2n) is 3.96. The van der Waals surface area contributed by atoms with Crippen molar-refractivity contribution in [2.24, 2.45) is 0 Å². The molecule has 1 saturated heterocycles. The minimum Gasteiger partial charge on any atom is -0.389 e. The van der Waals surface area contributed by atoms with Gasteiger partial charge in [-0.3, -0.25) is 0 Å². The summed E-state index contributed by atoms with van der Waals surface area (Å²) in [6, 6.07) is 0. The molecule has 100 valence electrons. The van der Waals surface area contributed by atoms with Crippen LogP contribution < -0.4 is 4.90 Å². The lowest BCUT2D eigenvalue weighted by Crippen LogP contribution is -2.25. The smallest absolute Gasteiger partial charge is 0.200 e. The zero-order chi connectivity index (χ0) is 13.6. The maximum absolute atomic E-state index is 13.4. The van der Waals surface area contributed by atoms with Crippen LogP contribution in [0.2, 0.25) is 0 Å². The molecule has 0 bridgehead atoms. The number of aliphatic hydroxyl groups excluding tert-OH is 2. The van der Waals surface area contributed by atoms with Crippen LogP contribution in [0.15, 0.2) is 0 Å². The van der Waals surface area contributed by atoms with E-state index in [1.54, 1.807) is 0 Å². The fourth-order valence-corrected chi connectivity index (χ4v) is 1.82. The minimum atomic E-state index is -2.24. The molecule has 1 aliphatic heterocycles. The summed E-state index contributed by atoms with van der Waals surface area (Å²) in [4.78, 5) is 0.714. The molecule has 0 amide bonds. The Bertz CT molecular complexity index is 457. The van der Waals surface area contributed by atoms with Gasteiger partial charge in [0.15, 0.2) is 23.3 Å². The lowest BCUT2D eigenvalue weighted by molar-refractivity contribution is 0.0572. The van der Waals surface area contributed by atoms with Crippen molar-refractivity contribution < 1.29 is 32.2 Å². The normalized spacial score (nSPS) is 23.8. The summed E-state index contributed by atoms with van der Waals surface area (Å²) < 4.78 is 65.4. The molecule has 1 heterocycles. The standard InChI is InChI=1S/C10H8F5NO2/c11-5-6(12)8(14)10(9(15)7(5)13)16-1-3(17)4(18)2-16/h3-4,17-18H,1-2H2. The zero-order valence-corrected chi connectivity index (χ0v) is 8.80. The Hall–Kier alpha value is -1.41. The van der Waals surface area contributed by atoms with Gasteiger partial charge in [-0.25, -0.2) is 22.0 Å². The molecule has 2 rings (SSSR count). The van der Waals surface area contributed by atoms with E-state index in [9.17, 15) is 32.2 Å². The Labute approximate surface area is 98.1 Å². The van der Waals surface area contributed by atoms with Crippen molar-refractivity contribution in [3.63, 3.8) is 0 Å². The number of rotatable bonds is 1. The number of β-amino-alcohol motifs (C(OH)–C–C–N with tert-alkyl or cyclic N) is 2. The van der Waals surface area contributed by atoms with Gasteiger partial charge in [0.05, 0.1) is 12.2 Å². The Kier molecular flexibility index (Phi) is 3.16. The summed E-state index contributed by atoms with van der Waals surface area (Å²) in [6.07, 6.45) is -2.61. The van der Waals surface area contributed by atoms with Gasteiger partial charge in [-0.05, 0) is 0 Å². The van der Waals surface area contributed by atoms with Crippen molar-refractivity contribution in [2.45, 2.75) is 12.2 Å². The lowest BCUT2D eigenvalue weighted by Gasteiger charge is -2.19. The first-order valence-electron chi connectivity index (χ1n) is 4.97. The molecule has 0 saturated carbocycles. The molecular weight excluding hydrogens is 261 g/mol. The molecule has 1 aliphatic rings. The summed E-state index contributed by atoms with van der Waals surface area (Å²) in [5.41, 5.74) is -1.14. The Balaban J connectivity index is 2.52. The molecule has 1 aromatic rings. The monoisotopic (exact) mass is 269 g/mol. The summed E-state index contributed by atoms with van der Waals surface area (Å²) >= 11 is 0. The van der Waals surface area contributed by atoms with E-state index in [1.807, 2.05) is 0 Å². The van der Waals surface area contributed by atoms with E-state index in [-0.39, 0.29) is 0 Å². The summed E-state index contributed by atoms with van der Waals surface area (Å²) in [5, 5.41) is 18.4. The number of hydrogen-bond donors (Lipinski definition) is 2. The van der Waals surface area contributed by atoms with Crippen LogP contribution in [-0.2, 0) is 0 Å². The maximum atomic E-state index is 13.4. The molecule has 3 nitrogen and oxygen atoms in total. The average molecular weight is 269 g/mol. The number of anilines is 1. The third kappa shape index (κ3) is 1.81. The number of hydrogen-bond acceptors (Lipinski definition) is 3. The Morgan fingerprint density at radius 2 is 1.06 bits per heavy atom. The van der Waals surface area contributed by atoms with Crippen molar-refractivity contribution >= 4 is 5.69 Å². The topological polar surface area (TPSA) is 43.7 Å². The van der Waals surface area contributed by atoms with Gasteiger partial charge in [-0.15, -0.1) is 0 Å². The fraction of sp³-hybridized carbons (Fsp3) is 0.400. The number of nitrogens with zero attached hydrogens (tertiary/aromatic N) is 1. The van der Waals surface area contributed by atoms with Gasteiger partial charge < -0.3 is 15.1 Å². The van der Waals surface area contributed by atoms with Crippen LogP contribution >= 0.6 is 0 Å². The molecule has 1 aromatic carbocycles. The molecular formula is C10H8F5NO2. The highest BCUT2D eigenvalue weighted by Crippen LogP contribution is 2.32. The molecule has 8 heteroatoms. The van der Waals surface area contributed by atoms with Crippen LogP contribution in [-0.4, -0.2) is 35.5 Å². The van der Waals surface area contributed by atoms with Gasteiger partial charge in [0.25, 0.3) is 0 Å². The predicted molar refractivity (Wildman–Crippen MR) is 50.5 cm³/mol. The van der Waals surface area contributed by atoms with Crippen molar-refractivity contribution in [3.05, 3.63) is 29.1 Å². The van der Waals surface area contributed by atoms with Gasteiger partial charge in [0.2, 0.25) is 5.82 Å². The van der Waals surface area contributed by atoms with E-state index < -0.39 is 60.1 Å². The van der Waals surface area contributed by atoms with Crippen LogP contribution in [0.1, 0.15) is 0 Å². The van der Waals surface area contributed by atoms with Gasteiger partial charge in [0.1, 0.15) is 5.69 Å².